The third-order valence-corrected chi connectivity index (χ3v) is 3.57. The molecule has 1 fully saturated rings. The van der Waals surface area contributed by atoms with Crippen LogP contribution in [0.5, 0.6) is 5.75 Å². The highest BCUT2D eigenvalue weighted by Gasteiger charge is 2.26. The minimum atomic E-state index is -0.194. The summed E-state index contributed by atoms with van der Waals surface area (Å²) in [4.78, 5) is 0. The fourth-order valence-corrected chi connectivity index (χ4v) is 2.48. The summed E-state index contributed by atoms with van der Waals surface area (Å²) in [5.74, 6) is 0.590. The number of halogens is 2. The zero-order chi connectivity index (χ0) is 11.8. The molecule has 5 heteroatoms. The molecule has 2 N–H and O–H groups in total. The van der Waals surface area contributed by atoms with Crippen LogP contribution >= 0.6 is 12.4 Å². The van der Waals surface area contributed by atoms with Gasteiger partial charge in [0.25, 0.3) is 0 Å². The fraction of sp³-hybridized carbons (Fsp3) is 0.538. The molecule has 1 aromatic rings. The number of nitrogens with one attached hydrogen (secondary N) is 1. The second-order valence-corrected chi connectivity index (χ2v) is 4.90. The highest BCUT2D eigenvalue weighted by Crippen LogP contribution is 2.32. The van der Waals surface area contributed by atoms with Crippen molar-refractivity contribution in [3.8, 4) is 5.75 Å². The average molecular weight is 274 g/mol. The lowest BCUT2D eigenvalue weighted by Gasteiger charge is -2.28. The summed E-state index contributed by atoms with van der Waals surface area (Å²) in [6.45, 7) is 1.78. The molecule has 0 spiro atoms. The SMILES string of the molecule is Cl.OCC1Cc2cc(OC3CNC3)cc(F)c2C1. The molecule has 1 unspecified atom stereocenters. The van der Waals surface area contributed by atoms with E-state index in [1.54, 1.807) is 0 Å². The predicted molar refractivity (Wildman–Crippen MR) is 68.9 cm³/mol. The summed E-state index contributed by atoms with van der Waals surface area (Å²) >= 11 is 0. The Labute approximate surface area is 112 Å². The molecule has 0 aromatic heterocycles. The average Bonchev–Trinajstić information content (AvgIpc) is 2.67. The summed E-state index contributed by atoms with van der Waals surface area (Å²) in [6, 6.07) is 3.39. The van der Waals surface area contributed by atoms with Gasteiger partial charge in [-0.1, -0.05) is 0 Å². The number of fused-ring (bicyclic) bond motifs is 1. The molecule has 1 aromatic carbocycles. The van der Waals surface area contributed by atoms with Crippen molar-refractivity contribution in [2.24, 2.45) is 5.92 Å². The van der Waals surface area contributed by atoms with Crippen LogP contribution in [0.1, 0.15) is 11.1 Å². The molecule has 3 rings (SSSR count). The minimum Gasteiger partial charge on any atom is -0.488 e. The van der Waals surface area contributed by atoms with Gasteiger partial charge in [-0.05, 0) is 36.0 Å². The van der Waals surface area contributed by atoms with Gasteiger partial charge < -0.3 is 15.2 Å². The van der Waals surface area contributed by atoms with Crippen molar-refractivity contribution >= 4 is 12.4 Å². The van der Waals surface area contributed by atoms with Crippen LogP contribution in [0.25, 0.3) is 0 Å². The normalized spacial score (nSPS) is 22.0. The second-order valence-electron chi connectivity index (χ2n) is 4.90. The van der Waals surface area contributed by atoms with Gasteiger partial charge in [0.15, 0.2) is 0 Å². The van der Waals surface area contributed by atoms with Gasteiger partial charge in [-0.3, -0.25) is 0 Å². The Kier molecular flexibility index (Phi) is 4.10. The maximum atomic E-state index is 13.9. The van der Waals surface area contributed by atoms with E-state index in [1.165, 1.54) is 6.07 Å². The maximum absolute atomic E-state index is 13.9. The molecule has 0 bridgehead atoms. The molecule has 1 aliphatic carbocycles. The van der Waals surface area contributed by atoms with Gasteiger partial charge in [0, 0.05) is 25.8 Å². The van der Waals surface area contributed by atoms with Crippen molar-refractivity contribution in [3.05, 3.63) is 29.1 Å². The molecular weight excluding hydrogens is 257 g/mol. The molecular formula is C13H17ClFNO2. The first-order valence-corrected chi connectivity index (χ1v) is 6.06. The number of aliphatic hydroxyl groups excluding tert-OH is 1. The summed E-state index contributed by atoms with van der Waals surface area (Å²) < 4.78 is 19.5. The molecule has 100 valence electrons. The molecule has 18 heavy (non-hydrogen) atoms. The third kappa shape index (κ3) is 2.46. The van der Waals surface area contributed by atoms with Gasteiger partial charge in [0.2, 0.25) is 0 Å². The summed E-state index contributed by atoms with van der Waals surface area (Å²) in [5.41, 5.74) is 1.74. The van der Waals surface area contributed by atoms with Crippen LogP contribution in [0.2, 0.25) is 0 Å². The van der Waals surface area contributed by atoms with E-state index in [2.05, 4.69) is 5.32 Å². The topological polar surface area (TPSA) is 41.5 Å². The molecule has 1 heterocycles. The van der Waals surface area contributed by atoms with Crippen molar-refractivity contribution in [3.63, 3.8) is 0 Å². The van der Waals surface area contributed by atoms with Gasteiger partial charge in [-0.15, -0.1) is 12.4 Å². The number of hydrogen-bond donors (Lipinski definition) is 2. The second kappa shape index (κ2) is 5.43. The lowest BCUT2D eigenvalue weighted by atomic mass is 10.1. The van der Waals surface area contributed by atoms with E-state index in [0.717, 1.165) is 30.6 Å². The van der Waals surface area contributed by atoms with Crippen LogP contribution in [0.15, 0.2) is 12.1 Å². The summed E-state index contributed by atoms with van der Waals surface area (Å²) in [7, 11) is 0. The molecule has 1 saturated heterocycles. The van der Waals surface area contributed by atoms with Crippen LogP contribution in [0.3, 0.4) is 0 Å². The smallest absolute Gasteiger partial charge is 0.130 e. The standard InChI is InChI=1S/C13H16FNO2.ClH/c14-13-4-10(17-11-5-15-6-11)3-9-1-8(7-16)2-12(9)13;/h3-4,8,11,15-16H,1-2,5-7H2;1H. The van der Waals surface area contributed by atoms with E-state index in [4.69, 9.17) is 9.84 Å². The Hall–Kier alpha value is -0.840. The molecule has 1 aliphatic heterocycles. The lowest BCUT2D eigenvalue weighted by molar-refractivity contribution is 0.141. The molecule has 0 amide bonds. The minimum absolute atomic E-state index is 0. The molecule has 2 aliphatic rings. The van der Waals surface area contributed by atoms with Crippen molar-refractivity contribution in [1.82, 2.24) is 5.32 Å². The molecule has 3 nitrogen and oxygen atoms in total. The first-order chi connectivity index (χ1) is 8.26. The third-order valence-electron chi connectivity index (χ3n) is 3.57. The molecule has 1 atom stereocenters. The lowest BCUT2D eigenvalue weighted by Crippen LogP contribution is -2.50. The van der Waals surface area contributed by atoms with E-state index in [-0.39, 0.29) is 36.9 Å². The highest BCUT2D eigenvalue weighted by atomic mass is 35.5. The largest absolute Gasteiger partial charge is 0.488 e. The fourth-order valence-electron chi connectivity index (χ4n) is 2.48. The van der Waals surface area contributed by atoms with Crippen LogP contribution in [0, 0.1) is 11.7 Å². The first-order valence-electron chi connectivity index (χ1n) is 6.06. The van der Waals surface area contributed by atoms with E-state index >= 15 is 0 Å². The summed E-state index contributed by atoms with van der Waals surface area (Å²) in [5, 5.41) is 12.2. The van der Waals surface area contributed by atoms with E-state index < -0.39 is 0 Å². The zero-order valence-corrected chi connectivity index (χ0v) is 10.8. The van der Waals surface area contributed by atoms with Crippen molar-refractivity contribution in [1.29, 1.82) is 0 Å². The monoisotopic (exact) mass is 273 g/mol. The van der Waals surface area contributed by atoms with Gasteiger partial charge in [-0.2, -0.15) is 0 Å². The van der Waals surface area contributed by atoms with Gasteiger partial charge in [0.05, 0.1) is 0 Å². The number of rotatable bonds is 3. The Morgan fingerprint density at radius 3 is 2.72 bits per heavy atom. The highest BCUT2D eigenvalue weighted by molar-refractivity contribution is 5.85. The van der Waals surface area contributed by atoms with E-state index in [9.17, 15) is 4.39 Å². The van der Waals surface area contributed by atoms with Gasteiger partial charge >= 0.3 is 0 Å². The Balaban J connectivity index is 0.00000120. The van der Waals surface area contributed by atoms with E-state index in [1.807, 2.05) is 6.07 Å². The zero-order valence-electron chi connectivity index (χ0n) is 9.99. The molecule has 0 radical (unpaired) electrons. The number of benzene rings is 1. The van der Waals surface area contributed by atoms with Crippen LogP contribution in [0.4, 0.5) is 4.39 Å². The van der Waals surface area contributed by atoms with Crippen LogP contribution in [-0.2, 0) is 12.8 Å². The van der Waals surface area contributed by atoms with Crippen molar-refractivity contribution in [2.75, 3.05) is 19.7 Å². The van der Waals surface area contributed by atoms with Crippen molar-refractivity contribution < 1.29 is 14.2 Å². The van der Waals surface area contributed by atoms with Crippen LogP contribution in [-0.4, -0.2) is 30.9 Å². The van der Waals surface area contributed by atoms with Gasteiger partial charge in [0.1, 0.15) is 17.7 Å². The summed E-state index contributed by atoms with van der Waals surface area (Å²) in [6.07, 6.45) is 1.56. The van der Waals surface area contributed by atoms with Crippen LogP contribution < -0.4 is 10.1 Å². The maximum Gasteiger partial charge on any atom is 0.130 e. The Morgan fingerprint density at radius 2 is 2.11 bits per heavy atom. The van der Waals surface area contributed by atoms with Gasteiger partial charge in [-0.25, -0.2) is 4.39 Å². The molecule has 0 saturated carbocycles. The number of aliphatic hydroxyl groups is 1. The Morgan fingerprint density at radius 1 is 1.33 bits per heavy atom. The predicted octanol–water partition coefficient (Wildman–Crippen LogP) is 1.31. The van der Waals surface area contributed by atoms with E-state index in [0.29, 0.717) is 12.2 Å². The Bertz CT molecular complexity index is 437. The number of ether oxygens (including phenoxy) is 1. The quantitative estimate of drug-likeness (QED) is 0.872. The first kappa shape index (κ1) is 13.6. The number of hydrogen-bond acceptors (Lipinski definition) is 3. The van der Waals surface area contributed by atoms with Crippen molar-refractivity contribution in [2.45, 2.75) is 18.9 Å².